The van der Waals surface area contributed by atoms with Gasteiger partial charge in [-0.25, -0.2) is 0 Å². The third-order valence-electron chi connectivity index (χ3n) is 2.55. The molecule has 0 fully saturated rings. The lowest BCUT2D eigenvalue weighted by molar-refractivity contribution is -0.384. The zero-order valence-electron chi connectivity index (χ0n) is 10.3. The Morgan fingerprint density at radius 1 is 1.11 bits per heavy atom. The van der Waals surface area contributed by atoms with E-state index in [2.05, 4.69) is 10.2 Å². The van der Waals surface area contributed by atoms with Crippen molar-refractivity contribution in [2.45, 2.75) is 6.92 Å². The van der Waals surface area contributed by atoms with Crippen LogP contribution >= 0.6 is 0 Å². The highest BCUT2D eigenvalue weighted by Gasteiger charge is 2.03. The number of rotatable bonds is 3. The minimum absolute atomic E-state index is 0.0302. The van der Waals surface area contributed by atoms with Crippen molar-refractivity contribution in [1.29, 1.82) is 0 Å². The van der Waals surface area contributed by atoms with Crippen molar-refractivity contribution in [1.82, 2.24) is 0 Å². The molecule has 0 atom stereocenters. The zero-order chi connectivity index (χ0) is 13.8. The second-order valence-corrected chi connectivity index (χ2v) is 4.02. The van der Waals surface area contributed by atoms with Gasteiger partial charge in [-0.3, -0.25) is 10.1 Å². The van der Waals surface area contributed by atoms with Crippen LogP contribution in [0.15, 0.2) is 52.7 Å². The highest BCUT2D eigenvalue weighted by molar-refractivity contribution is 5.54. The molecule has 96 valence electrons. The van der Waals surface area contributed by atoms with Gasteiger partial charge >= 0.3 is 0 Å². The number of hydrogen-bond donors (Lipinski definition) is 1. The van der Waals surface area contributed by atoms with E-state index in [0.717, 1.165) is 5.56 Å². The van der Waals surface area contributed by atoms with E-state index in [1.807, 2.05) is 13.0 Å². The molecule has 0 aromatic heterocycles. The number of anilines is 1. The SMILES string of the molecule is Cc1cc(N)ccc1N=Nc1ccc([N+](=O)[O-])cc1. The lowest BCUT2D eigenvalue weighted by atomic mass is 10.2. The third-order valence-corrected chi connectivity index (χ3v) is 2.55. The van der Waals surface area contributed by atoms with Crippen LogP contribution in [0.3, 0.4) is 0 Å². The van der Waals surface area contributed by atoms with Crippen LogP contribution in [0.5, 0.6) is 0 Å². The lowest BCUT2D eigenvalue weighted by Crippen LogP contribution is -1.85. The molecule has 0 heterocycles. The normalized spacial score (nSPS) is 10.8. The predicted molar refractivity (Wildman–Crippen MR) is 72.9 cm³/mol. The molecule has 0 radical (unpaired) electrons. The number of hydrogen-bond acceptors (Lipinski definition) is 5. The molecule has 0 unspecified atom stereocenters. The van der Waals surface area contributed by atoms with Gasteiger partial charge < -0.3 is 5.73 Å². The maximum Gasteiger partial charge on any atom is 0.269 e. The first-order chi connectivity index (χ1) is 9.06. The fraction of sp³-hybridized carbons (Fsp3) is 0.0769. The summed E-state index contributed by atoms with van der Waals surface area (Å²) in [6.45, 7) is 1.89. The van der Waals surface area contributed by atoms with E-state index in [1.54, 1.807) is 24.3 Å². The zero-order valence-corrected chi connectivity index (χ0v) is 10.3. The lowest BCUT2D eigenvalue weighted by Gasteiger charge is -1.99. The van der Waals surface area contributed by atoms with Gasteiger partial charge in [0, 0.05) is 17.8 Å². The number of benzene rings is 2. The maximum absolute atomic E-state index is 10.5. The van der Waals surface area contributed by atoms with Gasteiger partial charge in [0.25, 0.3) is 5.69 Å². The molecule has 6 heteroatoms. The number of nitro benzene ring substituents is 1. The molecule has 0 aliphatic carbocycles. The predicted octanol–water partition coefficient (Wildman–Crippen LogP) is 3.90. The fourth-order valence-electron chi connectivity index (χ4n) is 1.54. The first-order valence-electron chi connectivity index (χ1n) is 5.58. The van der Waals surface area contributed by atoms with Gasteiger partial charge in [0.1, 0.15) is 0 Å². The summed E-state index contributed by atoms with van der Waals surface area (Å²) in [5.41, 5.74) is 8.54. The van der Waals surface area contributed by atoms with Crippen LogP contribution in [0.1, 0.15) is 5.56 Å². The van der Waals surface area contributed by atoms with Gasteiger partial charge in [0.05, 0.1) is 16.3 Å². The van der Waals surface area contributed by atoms with Crippen LogP contribution in [0, 0.1) is 17.0 Å². The first kappa shape index (κ1) is 12.7. The van der Waals surface area contributed by atoms with E-state index in [0.29, 0.717) is 17.1 Å². The smallest absolute Gasteiger partial charge is 0.269 e. The van der Waals surface area contributed by atoms with Crippen molar-refractivity contribution in [3.05, 3.63) is 58.1 Å². The highest BCUT2D eigenvalue weighted by Crippen LogP contribution is 2.24. The fourth-order valence-corrected chi connectivity index (χ4v) is 1.54. The molecule has 0 spiro atoms. The Morgan fingerprint density at radius 2 is 1.79 bits per heavy atom. The van der Waals surface area contributed by atoms with Crippen LogP contribution in [-0.4, -0.2) is 4.92 Å². The van der Waals surface area contributed by atoms with Crippen molar-refractivity contribution < 1.29 is 4.92 Å². The van der Waals surface area contributed by atoms with E-state index in [9.17, 15) is 10.1 Å². The molecule has 0 amide bonds. The number of nitrogen functional groups attached to an aromatic ring is 1. The molecule has 0 aliphatic rings. The number of nitrogens with two attached hydrogens (primary N) is 1. The first-order valence-corrected chi connectivity index (χ1v) is 5.58. The maximum atomic E-state index is 10.5. The summed E-state index contributed by atoms with van der Waals surface area (Å²) < 4.78 is 0. The Labute approximate surface area is 109 Å². The van der Waals surface area contributed by atoms with Crippen LogP contribution in [-0.2, 0) is 0 Å². The number of non-ortho nitro benzene ring substituents is 1. The average Bonchev–Trinajstić information content (AvgIpc) is 2.38. The van der Waals surface area contributed by atoms with Gasteiger partial charge in [-0.15, -0.1) is 0 Å². The summed E-state index contributed by atoms with van der Waals surface area (Å²) >= 11 is 0. The molecule has 6 nitrogen and oxygen atoms in total. The molecular formula is C13H12N4O2. The number of nitro groups is 1. The Kier molecular flexibility index (Phi) is 3.51. The number of aryl methyl sites for hydroxylation is 1. The van der Waals surface area contributed by atoms with E-state index in [4.69, 9.17) is 5.73 Å². The second-order valence-electron chi connectivity index (χ2n) is 4.02. The molecule has 19 heavy (non-hydrogen) atoms. The molecule has 0 saturated carbocycles. The molecular weight excluding hydrogens is 244 g/mol. The summed E-state index contributed by atoms with van der Waals surface area (Å²) in [5.74, 6) is 0. The highest BCUT2D eigenvalue weighted by atomic mass is 16.6. The van der Waals surface area contributed by atoms with Crippen LogP contribution in [0.4, 0.5) is 22.7 Å². The number of azo groups is 1. The van der Waals surface area contributed by atoms with Crippen molar-refractivity contribution >= 4 is 22.7 Å². The summed E-state index contributed by atoms with van der Waals surface area (Å²) in [7, 11) is 0. The largest absolute Gasteiger partial charge is 0.399 e. The molecule has 2 rings (SSSR count). The van der Waals surface area contributed by atoms with Gasteiger partial charge in [-0.05, 0) is 42.8 Å². The van der Waals surface area contributed by atoms with Crippen molar-refractivity contribution in [2.75, 3.05) is 5.73 Å². The van der Waals surface area contributed by atoms with Gasteiger partial charge in [0.2, 0.25) is 0 Å². The topological polar surface area (TPSA) is 93.9 Å². The van der Waals surface area contributed by atoms with Gasteiger partial charge in [-0.2, -0.15) is 10.2 Å². The van der Waals surface area contributed by atoms with Crippen molar-refractivity contribution in [2.24, 2.45) is 10.2 Å². The quantitative estimate of drug-likeness (QED) is 0.390. The van der Waals surface area contributed by atoms with E-state index in [-0.39, 0.29) is 5.69 Å². The average molecular weight is 256 g/mol. The molecule has 0 aliphatic heterocycles. The van der Waals surface area contributed by atoms with Crippen LogP contribution in [0.25, 0.3) is 0 Å². The summed E-state index contributed by atoms with van der Waals surface area (Å²) in [6.07, 6.45) is 0. The van der Waals surface area contributed by atoms with E-state index in [1.165, 1.54) is 12.1 Å². The molecule has 0 saturated heterocycles. The third kappa shape index (κ3) is 3.12. The molecule has 2 aromatic rings. The van der Waals surface area contributed by atoms with Crippen LogP contribution < -0.4 is 5.73 Å². The Morgan fingerprint density at radius 3 is 2.37 bits per heavy atom. The summed E-state index contributed by atoms with van der Waals surface area (Å²) in [6, 6.07) is 11.2. The minimum Gasteiger partial charge on any atom is -0.399 e. The summed E-state index contributed by atoms with van der Waals surface area (Å²) in [5, 5.41) is 18.6. The van der Waals surface area contributed by atoms with E-state index >= 15 is 0 Å². The standard InChI is InChI=1S/C13H12N4O2/c1-9-8-10(14)2-7-13(9)16-15-11-3-5-12(6-4-11)17(18)19/h2-8H,14H2,1H3. The second kappa shape index (κ2) is 5.26. The Bertz CT molecular complexity index is 636. The minimum atomic E-state index is -0.453. The van der Waals surface area contributed by atoms with Crippen molar-refractivity contribution in [3.63, 3.8) is 0 Å². The summed E-state index contributed by atoms with van der Waals surface area (Å²) in [4.78, 5) is 10.1. The molecule has 2 aromatic carbocycles. The van der Waals surface area contributed by atoms with Crippen LogP contribution in [0.2, 0.25) is 0 Å². The Hall–Kier alpha value is -2.76. The van der Waals surface area contributed by atoms with Crippen molar-refractivity contribution in [3.8, 4) is 0 Å². The molecule has 0 bridgehead atoms. The Balaban J connectivity index is 2.20. The van der Waals surface area contributed by atoms with E-state index < -0.39 is 4.92 Å². The monoisotopic (exact) mass is 256 g/mol. The van der Waals surface area contributed by atoms with Gasteiger partial charge in [-0.1, -0.05) is 0 Å². The van der Waals surface area contributed by atoms with Gasteiger partial charge in [0.15, 0.2) is 0 Å². The number of nitrogens with zero attached hydrogens (tertiary/aromatic N) is 3. The molecule has 2 N–H and O–H groups in total.